The summed E-state index contributed by atoms with van der Waals surface area (Å²) in [6.45, 7) is 0. The molecule has 1 rings (SSSR count). The minimum Gasteiger partial charge on any atom is -0.481 e. The molecule has 0 bridgehead atoms. The third kappa shape index (κ3) is 1.20. The third-order valence-corrected chi connectivity index (χ3v) is 1.41. The minimum atomic E-state index is -0.733. The minimum absolute atomic E-state index is 0.172. The van der Waals surface area contributed by atoms with Gasteiger partial charge in [0.25, 0.3) is 0 Å². The molecule has 3 N–H and O–H groups in total. The van der Waals surface area contributed by atoms with E-state index in [4.69, 9.17) is 10.8 Å². The first kappa shape index (κ1) is 5.56. The lowest BCUT2D eigenvalue weighted by atomic mass is 10.3. The summed E-state index contributed by atoms with van der Waals surface area (Å²) in [7, 11) is 0. The van der Waals surface area contributed by atoms with Gasteiger partial charge in [-0.25, -0.2) is 0 Å². The molecule has 0 aromatic carbocycles. The van der Waals surface area contributed by atoms with E-state index in [2.05, 4.69) is 0 Å². The van der Waals surface area contributed by atoms with Crippen LogP contribution in [0.15, 0.2) is 0 Å². The van der Waals surface area contributed by atoms with Crippen molar-refractivity contribution in [2.24, 2.45) is 11.7 Å². The van der Waals surface area contributed by atoms with E-state index in [1.807, 2.05) is 0 Å². The lowest BCUT2D eigenvalue weighted by molar-refractivity contribution is -0.137. The highest BCUT2D eigenvalue weighted by atomic mass is 16.4. The van der Waals surface area contributed by atoms with Gasteiger partial charge in [-0.15, -0.1) is 0 Å². The molecular weight excluding hydrogens is 106 g/mol. The number of aliphatic carboxylic acids is 1. The number of carbonyl (C=O) groups is 1. The summed E-state index contributed by atoms with van der Waals surface area (Å²) in [6, 6.07) is 0.172. The molecule has 0 saturated heterocycles. The van der Waals surface area contributed by atoms with E-state index < -0.39 is 5.97 Å². The third-order valence-electron chi connectivity index (χ3n) is 1.41. The van der Waals surface area contributed by atoms with Crippen LogP contribution in [0.1, 0.15) is 12.8 Å². The van der Waals surface area contributed by atoms with Crippen molar-refractivity contribution < 1.29 is 9.90 Å². The van der Waals surface area contributed by atoms with Crippen molar-refractivity contribution in [2.45, 2.75) is 18.9 Å². The number of carboxylic acids is 1. The Morgan fingerprint density at radius 3 is 2.50 bits per heavy atom. The van der Waals surface area contributed by atoms with Crippen LogP contribution in [-0.4, -0.2) is 17.1 Å². The average molecular weight is 115 g/mol. The molecule has 0 aromatic heterocycles. The molecule has 1 saturated carbocycles. The topological polar surface area (TPSA) is 63.3 Å². The van der Waals surface area contributed by atoms with Crippen LogP contribution in [0.3, 0.4) is 0 Å². The molecule has 3 nitrogen and oxygen atoms in total. The van der Waals surface area contributed by atoms with E-state index in [1.165, 1.54) is 0 Å². The summed E-state index contributed by atoms with van der Waals surface area (Å²) in [4.78, 5) is 9.94. The Balaban J connectivity index is 2.14. The van der Waals surface area contributed by atoms with Crippen molar-refractivity contribution in [3.05, 3.63) is 0 Å². The molecule has 1 aliphatic rings. The Morgan fingerprint density at radius 2 is 2.38 bits per heavy atom. The van der Waals surface area contributed by atoms with Gasteiger partial charge in [-0.3, -0.25) is 4.79 Å². The summed E-state index contributed by atoms with van der Waals surface area (Å²) in [5.74, 6) is -0.463. The van der Waals surface area contributed by atoms with Crippen LogP contribution in [0.5, 0.6) is 0 Å². The second kappa shape index (κ2) is 1.74. The maximum atomic E-state index is 9.94. The highest BCUT2D eigenvalue weighted by Crippen LogP contribution is 2.30. The molecule has 2 atom stereocenters. The molecule has 0 heterocycles. The van der Waals surface area contributed by atoms with E-state index >= 15 is 0 Å². The zero-order chi connectivity index (χ0) is 6.15. The van der Waals surface area contributed by atoms with Crippen molar-refractivity contribution >= 4 is 5.97 Å². The van der Waals surface area contributed by atoms with Crippen LogP contribution in [0, 0.1) is 5.92 Å². The molecule has 8 heavy (non-hydrogen) atoms. The lowest BCUT2D eigenvalue weighted by Gasteiger charge is -1.86. The molecule has 0 unspecified atom stereocenters. The highest BCUT2D eigenvalue weighted by Gasteiger charge is 2.34. The summed E-state index contributed by atoms with van der Waals surface area (Å²) in [6.07, 6.45) is 1.15. The normalized spacial score (nSPS) is 34.6. The maximum absolute atomic E-state index is 9.94. The fraction of sp³-hybridized carbons (Fsp3) is 0.800. The van der Waals surface area contributed by atoms with E-state index in [-0.39, 0.29) is 18.4 Å². The van der Waals surface area contributed by atoms with Gasteiger partial charge in [0, 0.05) is 12.5 Å². The zero-order valence-corrected chi connectivity index (χ0v) is 4.50. The highest BCUT2D eigenvalue weighted by molar-refractivity contribution is 5.67. The van der Waals surface area contributed by atoms with Crippen molar-refractivity contribution in [2.75, 3.05) is 0 Å². The molecule has 46 valence electrons. The quantitative estimate of drug-likeness (QED) is 0.524. The Kier molecular flexibility index (Phi) is 1.21. The molecule has 1 aliphatic carbocycles. The lowest BCUT2D eigenvalue weighted by Crippen LogP contribution is -2.05. The number of nitrogens with two attached hydrogens (primary N) is 1. The first-order valence-electron chi connectivity index (χ1n) is 2.67. The molecule has 0 spiro atoms. The van der Waals surface area contributed by atoms with Crippen LogP contribution < -0.4 is 5.73 Å². The van der Waals surface area contributed by atoms with E-state index in [9.17, 15) is 4.79 Å². The van der Waals surface area contributed by atoms with Crippen molar-refractivity contribution in [3.8, 4) is 0 Å². The molecule has 3 heteroatoms. The standard InChI is InChI=1S/C5H9NO2/c6-4-1-3(4)2-5(7)8/h3-4H,1-2,6H2,(H,7,8)/t3-,4+/m1/s1. The Labute approximate surface area is 47.5 Å². The van der Waals surface area contributed by atoms with Crippen molar-refractivity contribution in [3.63, 3.8) is 0 Å². The molecular formula is C5H9NO2. The molecule has 0 aromatic rings. The van der Waals surface area contributed by atoms with E-state index in [0.717, 1.165) is 6.42 Å². The van der Waals surface area contributed by atoms with Gasteiger partial charge in [-0.1, -0.05) is 0 Å². The van der Waals surface area contributed by atoms with Crippen LogP contribution >= 0.6 is 0 Å². The molecule has 0 amide bonds. The van der Waals surface area contributed by atoms with Gasteiger partial charge < -0.3 is 10.8 Å². The number of carboxylic acid groups (broad SMARTS) is 1. The Hall–Kier alpha value is -0.570. The predicted molar refractivity (Wildman–Crippen MR) is 28.3 cm³/mol. The first-order chi connectivity index (χ1) is 3.70. The summed E-state index contributed by atoms with van der Waals surface area (Å²) >= 11 is 0. The zero-order valence-electron chi connectivity index (χ0n) is 4.50. The number of rotatable bonds is 2. The average Bonchev–Trinajstić information content (AvgIpc) is 2.17. The molecule has 0 aliphatic heterocycles. The monoisotopic (exact) mass is 115 g/mol. The SMILES string of the molecule is N[C@H]1C[C@@H]1CC(=O)O. The van der Waals surface area contributed by atoms with Crippen LogP contribution in [0.25, 0.3) is 0 Å². The van der Waals surface area contributed by atoms with Gasteiger partial charge in [-0.05, 0) is 12.3 Å². The van der Waals surface area contributed by atoms with E-state index in [1.54, 1.807) is 0 Å². The van der Waals surface area contributed by atoms with Gasteiger partial charge in [0.1, 0.15) is 0 Å². The van der Waals surface area contributed by atoms with Crippen LogP contribution in [0.4, 0.5) is 0 Å². The maximum Gasteiger partial charge on any atom is 0.303 e. The summed E-state index contributed by atoms with van der Waals surface area (Å²) in [5.41, 5.74) is 5.35. The number of hydrogen-bond donors (Lipinski definition) is 2. The smallest absolute Gasteiger partial charge is 0.303 e. The Morgan fingerprint density at radius 1 is 1.88 bits per heavy atom. The molecule has 0 radical (unpaired) electrons. The second-order valence-corrected chi connectivity index (χ2v) is 2.26. The van der Waals surface area contributed by atoms with E-state index in [0.29, 0.717) is 0 Å². The summed E-state index contributed by atoms with van der Waals surface area (Å²) < 4.78 is 0. The van der Waals surface area contributed by atoms with Gasteiger partial charge in [0.15, 0.2) is 0 Å². The van der Waals surface area contributed by atoms with Crippen LogP contribution in [-0.2, 0) is 4.79 Å². The fourth-order valence-corrected chi connectivity index (χ4v) is 0.730. The summed E-state index contributed by atoms with van der Waals surface area (Å²) in [5, 5.41) is 8.19. The largest absolute Gasteiger partial charge is 0.481 e. The van der Waals surface area contributed by atoms with Crippen LogP contribution in [0.2, 0.25) is 0 Å². The predicted octanol–water partition coefficient (Wildman–Crippen LogP) is -0.192. The van der Waals surface area contributed by atoms with Crippen molar-refractivity contribution in [1.29, 1.82) is 0 Å². The molecule has 1 fully saturated rings. The number of hydrogen-bond acceptors (Lipinski definition) is 2. The first-order valence-corrected chi connectivity index (χ1v) is 2.67. The second-order valence-electron chi connectivity index (χ2n) is 2.26. The van der Waals surface area contributed by atoms with Gasteiger partial charge in [0.2, 0.25) is 0 Å². The van der Waals surface area contributed by atoms with Crippen molar-refractivity contribution in [1.82, 2.24) is 0 Å². The Bertz CT molecular complexity index is 113. The van der Waals surface area contributed by atoms with Gasteiger partial charge >= 0.3 is 5.97 Å². The fourth-order valence-electron chi connectivity index (χ4n) is 0.730. The van der Waals surface area contributed by atoms with Gasteiger partial charge in [-0.2, -0.15) is 0 Å². The van der Waals surface area contributed by atoms with Gasteiger partial charge in [0.05, 0.1) is 0 Å².